The first kappa shape index (κ1) is 87.7. The minimum atomic E-state index is -4.37. The summed E-state index contributed by atoms with van der Waals surface area (Å²) in [4.78, 5) is 23.5. The fourth-order valence-electron chi connectivity index (χ4n) is 12.4. The number of rotatable bonds is 75. The van der Waals surface area contributed by atoms with Crippen LogP contribution in [0.15, 0.2) is 36.5 Å². The second kappa shape index (κ2) is 71.0. The Morgan fingerprint density at radius 2 is 0.618 bits per heavy atom. The lowest BCUT2D eigenvalue weighted by atomic mass is 10.0. The normalized spacial score (nSPS) is 13.7. The molecule has 3 atom stereocenters. The summed E-state index contributed by atoms with van der Waals surface area (Å²) in [6, 6.07) is -0.870. The molecule has 89 heavy (non-hydrogen) atoms. The standard InChI is InChI=1S/C80H157N2O6P/c1-6-8-10-12-14-16-18-20-22-24-26-28-30-32-34-35-36-37-38-39-40-41-42-43-44-45-46-48-50-52-54-56-58-60-62-64-66-68-70-72-74-80(84)81-78(77-88-89(85,86)87-76-75-82(3,4)5)79(83)73-71-69-67-65-63-61-59-57-55-53-51-49-47-33-31-29-27-25-23-21-19-17-15-13-11-9-7-2/h55,57,63,65,71,73,78-79,83H,6-54,56,58-62,64,66-70,72,74-77H2,1-5H3,(H-,81,84,85,86)/p+1/b57-55+,65-63+,73-71+. The molecule has 0 fully saturated rings. The van der Waals surface area contributed by atoms with Crippen LogP contribution in [-0.2, 0) is 18.4 Å². The number of quaternary nitrogens is 1. The van der Waals surface area contributed by atoms with Gasteiger partial charge in [-0.05, 0) is 44.9 Å². The molecule has 8 nitrogen and oxygen atoms in total. The molecule has 9 heteroatoms. The van der Waals surface area contributed by atoms with Crippen molar-refractivity contribution < 1.29 is 32.9 Å². The van der Waals surface area contributed by atoms with Gasteiger partial charge in [0.1, 0.15) is 13.2 Å². The predicted octanol–water partition coefficient (Wildman–Crippen LogP) is 26.0. The van der Waals surface area contributed by atoms with Gasteiger partial charge in [-0.25, -0.2) is 4.57 Å². The molecule has 0 saturated carbocycles. The molecular weight excluding hydrogens is 1120 g/mol. The van der Waals surface area contributed by atoms with Crippen LogP contribution in [0.4, 0.5) is 0 Å². The van der Waals surface area contributed by atoms with Gasteiger partial charge in [0.15, 0.2) is 0 Å². The van der Waals surface area contributed by atoms with Crippen molar-refractivity contribution in [3.63, 3.8) is 0 Å². The quantitative estimate of drug-likeness (QED) is 0.0243. The van der Waals surface area contributed by atoms with Crippen LogP contribution < -0.4 is 5.32 Å². The predicted molar refractivity (Wildman–Crippen MR) is 392 cm³/mol. The summed E-state index contributed by atoms with van der Waals surface area (Å²) in [6.45, 7) is 4.86. The third-order valence-corrected chi connectivity index (χ3v) is 19.6. The van der Waals surface area contributed by atoms with Crippen LogP contribution in [0.5, 0.6) is 0 Å². The Bertz CT molecular complexity index is 1550. The van der Waals surface area contributed by atoms with E-state index in [1.165, 1.54) is 353 Å². The van der Waals surface area contributed by atoms with Gasteiger partial charge < -0.3 is 19.8 Å². The van der Waals surface area contributed by atoms with Gasteiger partial charge in [0.05, 0.1) is 39.9 Å². The Balaban J connectivity index is 3.95. The molecule has 1 amide bonds. The molecule has 0 aliphatic carbocycles. The molecule has 0 aliphatic heterocycles. The molecule has 0 aromatic heterocycles. The summed E-state index contributed by atoms with van der Waals surface area (Å²) in [5, 5.41) is 14.0. The van der Waals surface area contributed by atoms with Crippen LogP contribution >= 0.6 is 7.82 Å². The number of allylic oxidation sites excluding steroid dienone is 5. The van der Waals surface area contributed by atoms with Gasteiger partial charge in [-0.2, -0.15) is 0 Å². The van der Waals surface area contributed by atoms with Crippen LogP contribution in [0.1, 0.15) is 418 Å². The Labute approximate surface area is 557 Å². The van der Waals surface area contributed by atoms with E-state index in [-0.39, 0.29) is 19.1 Å². The maximum Gasteiger partial charge on any atom is 0.472 e. The maximum atomic E-state index is 13.1. The van der Waals surface area contributed by atoms with Crippen LogP contribution in [0, 0.1) is 0 Å². The zero-order valence-corrected chi connectivity index (χ0v) is 61.6. The number of phosphoric ester groups is 1. The lowest BCUT2D eigenvalue weighted by molar-refractivity contribution is -0.870. The average molecular weight is 1280 g/mol. The molecular formula is C80H158N2O6P+. The van der Waals surface area contributed by atoms with Gasteiger partial charge in [-0.15, -0.1) is 0 Å². The van der Waals surface area contributed by atoms with Gasteiger partial charge in [-0.1, -0.05) is 403 Å². The Kier molecular flexibility index (Phi) is 70.0. The molecule has 0 heterocycles. The van der Waals surface area contributed by atoms with Crippen LogP contribution in [0.25, 0.3) is 0 Å². The molecule has 0 bridgehead atoms. The molecule has 0 aliphatic rings. The van der Waals surface area contributed by atoms with Crippen LogP contribution in [0.2, 0.25) is 0 Å². The summed E-state index contributed by atoms with van der Waals surface area (Å²) in [6.07, 6.45) is 96.5. The van der Waals surface area contributed by atoms with E-state index in [4.69, 9.17) is 9.05 Å². The summed E-state index contributed by atoms with van der Waals surface area (Å²) in [7, 11) is 1.57. The van der Waals surface area contributed by atoms with E-state index in [2.05, 4.69) is 43.5 Å². The highest BCUT2D eigenvalue weighted by Crippen LogP contribution is 2.43. The third kappa shape index (κ3) is 74.0. The molecule has 0 aromatic carbocycles. The van der Waals surface area contributed by atoms with Crippen LogP contribution in [0.3, 0.4) is 0 Å². The Hall–Kier alpha value is -1.28. The zero-order valence-electron chi connectivity index (χ0n) is 60.7. The molecule has 3 unspecified atom stereocenters. The van der Waals surface area contributed by atoms with Crippen molar-refractivity contribution in [1.29, 1.82) is 0 Å². The fraction of sp³-hybridized carbons (Fsp3) is 0.912. The Morgan fingerprint density at radius 3 is 0.899 bits per heavy atom. The highest BCUT2D eigenvalue weighted by atomic mass is 31.2. The average Bonchev–Trinajstić information content (AvgIpc) is 3.65. The third-order valence-electron chi connectivity index (χ3n) is 18.6. The summed E-state index contributed by atoms with van der Waals surface area (Å²) >= 11 is 0. The monoisotopic (exact) mass is 1270 g/mol. The zero-order chi connectivity index (χ0) is 64.8. The highest BCUT2D eigenvalue weighted by Gasteiger charge is 2.28. The van der Waals surface area contributed by atoms with E-state index >= 15 is 0 Å². The fourth-order valence-corrected chi connectivity index (χ4v) is 13.2. The molecule has 0 saturated heterocycles. The number of carbonyl (C=O) groups is 1. The van der Waals surface area contributed by atoms with E-state index in [0.717, 1.165) is 44.9 Å². The van der Waals surface area contributed by atoms with Crippen molar-refractivity contribution >= 4 is 13.7 Å². The van der Waals surface area contributed by atoms with Crippen LogP contribution in [-0.4, -0.2) is 73.4 Å². The first-order valence-corrected chi connectivity index (χ1v) is 41.4. The topological polar surface area (TPSA) is 105 Å². The smallest absolute Gasteiger partial charge is 0.387 e. The van der Waals surface area contributed by atoms with E-state index in [9.17, 15) is 19.4 Å². The van der Waals surface area contributed by atoms with Crippen molar-refractivity contribution in [3.05, 3.63) is 36.5 Å². The molecule has 0 rings (SSSR count). The van der Waals surface area contributed by atoms with Crippen molar-refractivity contribution in [3.8, 4) is 0 Å². The number of hydrogen-bond donors (Lipinski definition) is 3. The largest absolute Gasteiger partial charge is 0.472 e. The number of hydrogen-bond acceptors (Lipinski definition) is 5. The van der Waals surface area contributed by atoms with Gasteiger partial charge in [0.2, 0.25) is 5.91 Å². The number of carbonyl (C=O) groups excluding carboxylic acids is 1. The second-order valence-corrected chi connectivity index (χ2v) is 30.2. The number of likely N-dealkylation sites (N-methyl/N-ethyl adjacent to an activating group) is 1. The summed E-state index contributed by atoms with van der Waals surface area (Å²) in [5.41, 5.74) is 0. The van der Waals surface area contributed by atoms with E-state index < -0.39 is 20.0 Å². The van der Waals surface area contributed by atoms with Gasteiger partial charge in [0, 0.05) is 6.42 Å². The number of nitrogens with zero attached hydrogens (tertiary/aromatic N) is 1. The minimum absolute atomic E-state index is 0.0555. The molecule has 528 valence electrons. The van der Waals surface area contributed by atoms with Gasteiger partial charge in [0.25, 0.3) is 0 Å². The lowest BCUT2D eigenvalue weighted by Crippen LogP contribution is -2.45. The van der Waals surface area contributed by atoms with E-state index in [1.807, 2.05) is 27.2 Å². The first-order valence-electron chi connectivity index (χ1n) is 39.9. The molecule has 3 N–H and O–H groups in total. The first-order chi connectivity index (χ1) is 43.5. The van der Waals surface area contributed by atoms with E-state index in [1.54, 1.807) is 6.08 Å². The number of phosphoric acid groups is 1. The second-order valence-electron chi connectivity index (χ2n) is 28.8. The maximum absolute atomic E-state index is 13.1. The number of amides is 1. The number of aliphatic hydroxyl groups is 1. The highest BCUT2D eigenvalue weighted by molar-refractivity contribution is 7.47. The number of aliphatic hydroxyl groups excluding tert-OH is 1. The summed E-state index contributed by atoms with van der Waals surface area (Å²) in [5.74, 6) is -0.182. The van der Waals surface area contributed by atoms with Crippen molar-refractivity contribution in [2.45, 2.75) is 431 Å². The van der Waals surface area contributed by atoms with Gasteiger partial charge >= 0.3 is 7.82 Å². The Morgan fingerprint density at radius 1 is 0.371 bits per heavy atom. The summed E-state index contributed by atoms with van der Waals surface area (Å²) < 4.78 is 23.8. The molecule has 0 radical (unpaired) electrons. The molecule has 0 aromatic rings. The SMILES string of the molecule is CCCCCCCCCCCCCCCCCCC/C=C/CC/C=C/CC/C=C/C(O)C(COP(=O)(O)OCC[N+](C)(C)C)NC(=O)CCCCCCCCCCCCCCCCCCCCCCCCCCCCCCCCCCCCCCCCCC. The van der Waals surface area contributed by atoms with Crippen molar-refractivity contribution in [2.75, 3.05) is 40.9 Å². The molecule has 0 spiro atoms. The van der Waals surface area contributed by atoms with Gasteiger partial charge in [-0.3, -0.25) is 13.8 Å². The van der Waals surface area contributed by atoms with E-state index in [0.29, 0.717) is 17.4 Å². The number of unbranched alkanes of at least 4 members (excludes halogenated alkanes) is 58. The van der Waals surface area contributed by atoms with Crippen molar-refractivity contribution in [2.24, 2.45) is 0 Å². The number of nitrogens with one attached hydrogen (secondary N) is 1. The lowest BCUT2D eigenvalue weighted by Gasteiger charge is -2.25. The van der Waals surface area contributed by atoms with Crippen molar-refractivity contribution in [1.82, 2.24) is 5.32 Å². The minimum Gasteiger partial charge on any atom is -0.387 e.